The van der Waals surface area contributed by atoms with Crippen LogP contribution in [0.25, 0.3) is 16.6 Å². The molecule has 5 rings (SSSR count). The lowest BCUT2D eigenvalue weighted by Crippen LogP contribution is -2.10. The summed E-state index contributed by atoms with van der Waals surface area (Å²) < 4.78 is 39.1. The van der Waals surface area contributed by atoms with Crippen LogP contribution in [0.4, 0.5) is 10.3 Å². The van der Waals surface area contributed by atoms with Gasteiger partial charge in [0.25, 0.3) is 0 Å². The first kappa shape index (κ1) is 20.4. The molecule has 1 aliphatic rings. The lowest BCUT2D eigenvalue weighted by Gasteiger charge is -2.14. The maximum absolute atomic E-state index is 14.6. The number of halogens is 1. The van der Waals surface area contributed by atoms with Gasteiger partial charge in [-0.1, -0.05) is 30.3 Å². The van der Waals surface area contributed by atoms with Crippen molar-refractivity contribution in [3.8, 4) is 16.9 Å². The van der Waals surface area contributed by atoms with Crippen LogP contribution in [0.2, 0.25) is 0 Å². The molecule has 1 atom stereocenters. The van der Waals surface area contributed by atoms with Crippen molar-refractivity contribution in [2.75, 3.05) is 25.2 Å². The van der Waals surface area contributed by atoms with Crippen molar-refractivity contribution < 1.29 is 13.3 Å². The SMILES string of the molecule is CN=S(C)(=O)c1ncn2c(NCc3c(F)ccc4c3CCO4)ncc(-c3ccccc3)c12. The number of ether oxygens (including phenoxy) is 1. The van der Waals surface area contributed by atoms with E-state index in [9.17, 15) is 8.60 Å². The molecular formula is C23H22FN5O2S. The monoisotopic (exact) mass is 451 g/mol. The third-order valence-electron chi connectivity index (χ3n) is 5.69. The molecule has 0 aliphatic carbocycles. The van der Waals surface area contributed by atoms with Gasteiger partial charge in [0.05, 0.1) is 21.9 Å². The summed E-state index contributed by atoms with van der Waals surface area (Å²) in [7, 11) is -1.17. The molecule has 164 valence electrons. The number of aromatic nitrogens is 3. The first-order valence-corrected chi connectivity index (χ1v) is 12.1. The molecule has 2 aromatic carbocycles. The smallest absolute Gasteiger partial charge is 0.209 e. The molecular weight excluding hydrogens is 429 g/mol. The minimum atomic E-state index is -2.70. The average molecular weight is 452 g/mol. The van der Waals surface area contributed by atoms with E-state index in [4.69, 9.17) is 4.74 Å². The van der Waals surface area contributed by atoms with E-state index < -0.39 is 9.73 Å². The van der Waals surface area contributed by atoms with E-state index in [1.54, 1.807) is 29.2 Å². The van der Waals surface area contributed by atoms with Crippen LogP contribution in [-0.4, -0.2) is 38.5 Å². The topological polar surface area (TPSA) is 80.9 Å². The molecule has 0 saturated heterocycles. The van der Waals surface area contributed by atoms with Crippen molar-refractivity contribution in [2.45, 2.75) is 18.0 Å². The van der Waals surface area contributed by atoms with Crippen LogP contribution in [0.5, 0.6) is 5.75 Å². The highest BCUT2D eigenvalue weighted by molar-refractivity contribution is 7.93. The zero-order chi connectivity index (χ0) is 22.3. The molecule has 3 heterocycles. The van der Waals surface area contributed by atoms with Crippen molar-refractivity contribution in [3.05, 3.63) is 71.9 Å². The summed E-state index contributed by atoms with van der Waals surface area (Å²) in [6, 6.07) is 12.8. The molecule has 9 heteroatoms. The van der Waals surface area contributed by atoms with Gasteiger partial charge >= 0.3 is 0 Å². The van der Waals surface area contributed by atoms with E-state index in [0.29, 0.717) is 35.1 Å². The third-order valence-corrected chi connectivity index (χ3v) is 7.40. The van der Waals surface area contributed by atoms with E-state index in [-0.39, 0.29) is 12.4 Å². The van der Waals surface area contributed by atoms with Crippen LogP contribution >= 0.6 is 0 Å². The maximum Gasteiger partial charge on any atom is 0.209 e. The van der Waals surface area contributed by atoms with Gasteiger partial charge in [-0.25, -0.2) is 22.9 Å². The third kappa shape index (κ3) is 3.38. The number of rotatable bonds is 5. The van der Waals surface area contributed by atoms with Gasteiger partial charge in [0.2, 0.25) is 5.95 Å². The molecule has 0 radical (unpaired) electrons. The van der Waals surface area contributed by atoms with E-state index in [1.807, 2.05) is 30.3 Å². The first-order chi connectivity index (χ1) is 15.5. The van der Waals surface area contributed by atoms with Gasteiger partial charge in [-0.15, -0.1) is 0 Å². The highest BCUT2D eigenvalue weighted by atomic mass is 32.2. The molecule has 0 fully saturated rings. The highest BCUT2D eigenvalue weighted by Crippen LogP contribution is 2.33. The van der Waals surface area contributed by atoms with Crippen LogP contribution in [0.15, 0.2) is 64.4 Å². The summed E-state index contributed by atoms with van der Waals surface area (Å²) in [4.78, 5) is 9.01. The predicted molar refractivity (Wildman–Crippen MR) is 122 cm³/mol. The zero-order valence-corrected chi connectivity index (χ0v) is 18.5. The van der Waals surface area contributed by atoms with Gasteiger partial charge < -0.3 is 10.1 Å². The molecule has 0 bridgehead atoms. The van der Waals surface area contributed by atoms with Crippen molar-refractivity contribution in [1.29, 1.82) is 0 Å². The molecule has 2 aromatic heterocycles. The fourth-order valence-corrected chi connectivity index (χ4v) is 4.97. The molecule has 0 amide bonds. The summed E-state index contributed by atoms with van der Waals surface area (Å²) >= 11 is 0. The Morgan fingerprint density at radius 3 is 2.81 bits per heavy atom. The quantitative estimate of drug-likeness (QED) is 0.493. The second-order valence-electron chi connectivity index (χ2n) is 7.57. The molecule has 1 unspecified atom stereocenters. The minimum absolute atomic E-state index is 0.234. The van der Waals surface area contributed by atoms with Gasteiger partial charge in [-0.3, -0.25) is 4.40 Å². The van der Waals surface area contributed by atoms with Gasteiger partial charge in [0, 0.05) is 49.2 Å². The van der Waals surface area contributed by atoms with E-state index >= 15 is 0 Å². The van der Waals surface area contributed by atoms with E-state index in [0.717, 1.165) is 22.4 Å². The molecule has 0 spiro atoms. The van der Waals surface area contributed by atoms with Gasteiger partial charge in [-0.2, -0.15) is 0 Å². The fourth-order valence-electron chi connectivity index (χ4n) is 3.98. The molecule has 7 nitrogen and oxygen atoms in total. The van der Waals surface area contributed by atoms with Crippen molar-refractivity contribution in [3.63, 3.8) is 0 Å². The Labute approximate surface area is 185 Å². The second kappa shape index (κ2) is 7.90. The Balaban J connectivity index is 1.62. The Morgan fingerprint density at radius 1 is 1.22 bits per heavy atom. The summed E-state index contributed by atoms with van der Waals surface area (Å²) in [5, 5.41) is 3.62. The highest BCUT2D eigenvalue weighted by Gasteiger charge is 2.22. The van der Waals surface area contributed by atoms with Gasteiger partial charge in [0.15, 0.2) is 5.03 Å². The number of fused-ring (bicyclic) bond motifs is 2. The van der Waals surface area contributed by atoms with E-state index in [2.05, 4.69) is 19.6 Å². The molecule has 32 heavy (non-hydrogen) atoms. The maximum atomic E-state index is 14.6. The lowest BCUT2D eigenvalue weighted by molar-refractivity contribution is 0.356. The Morgan fingerprint density at radius 2 is 2.03 bits per heavy atom. The van der Waals surface area contributed by atoms with E-state index in [1.165, 1.54) is 13.1 Å². The second-order valence-corrected chi connectivity index (χ2v) is 9.93. The Bertz CT molecular complexity index is 1440. The average Bonchev–Trinajstić information content (AvgIpc) is 3.47. The van der Waals surface area contributed by atoms with Crippen LogP contribution in [-0.2, 0) is 22.7 Å². The number of anilines is 1. The number of imidazole rings is 1. The molecule has 1 N–H and O–H groups in total. The fraction of sp³-hybridized carbons (Fsp3) is 0.217. The summed E-state index contributed by atoms with van der Waals surface area (Å²) in [6.45, 7) is 0.786. The molecule has 1 aliphatic heterocycles. The number of nitrogens with zero attached hydrogens (tertiary/aromatic N) is 4. The zero-order valence-electron chi connectivity index (χ0n) is 17.7. The Kier molecular flexibility index (Phi) is 5.05. The summed E-state index contributed by atoms with van der Waals surface area (Å²) in [5.41, 5.74) is 3.82. The van der Waals surface area contributed by atoms with Crippen LogP contribution in [0, 0.1) is 5.82 Å². The van der Waals surface area contributed by atoms with Gasteiger partial charge in [-0.05, 0) is 17.7 Å². The predicted octanol–water partition coefficient (Wildman–Crippen LogP) is 4.17. The minimum Gasteiger partial charge on any atom is -0.493 e. The van der Waals surface area contributed by atoms with Crippen molar-refractivity contribution in [2.24, 2.45) is 4.36 Å². The standard InChI is InChI=1S/C23H22FN5O2S/c1-25-32(2,30)22-21-17(15-6-4-3-5-7-15)12-26-23(29(21)14-28-22)27-13-18-16-10-11-31-20(16)9-8-19(18)24/h3-9,12,14H,10-11,13H2,1-2H3,(H,26,27). The summed E-state index contributed by atoms with van der Waals surface area (Å²) in [5.74, 6) is 0.910. The van der Waals surface area contributed by atoms with Crippen LogP contribution < -0.4 is 10.1 Å². The molecule has 0 saturated carbocycles. The molecule has 4 aromatic rings. The van der Waals surface area contributed by atoms with Crippen LogP contribution in [0.3, 0.4) is 0 Å². The number of hydrogen-bond donors (Lipinski definition) is 1. The van der Waals surface area contributed by atoms with Crippen molar-refractivity contribution in [1.82, 2.24) is 14.4 Å². The number of nitrogens with one attached hydrogen (secondary N) is 1. The number of hydrogen-bond acceptors (Lipinski definition) is 6. The van der Waals surface area contributed by atoms with Crippen LogP contribution in [0.1, 0.15) is 11.1 Å². The largest absolute Gasteiger partial charge is 0.493 e. The number of benzene rings is 2. The van der Waals surface area contributed by atoms with Crippen molar-refractivity contribution >= 4 is 21.2 Å². The normalized spacial score (nSPS) is 14.6. The Hall–Kier alpha value is -3.46. The first-order valence-electron chi connectivity index (χ1n) is 10.2. The lowest BCUT2D eigenvalue weighted by atomic mass is 10.0. The summed E-state index contributed by atoms with van der Waals surface area (Å²) in [6.07, 6.45) is 5.54. The van der Waals surface area contributed by atoms with Gasteiger partial charge in [0.1, 0.15) is 17.9 Å².